The van der Waals surface area contributed by atoms with Crippen LogP contribution in [-0.2, 0) is 9.53 Å². The lowest BCUT2D eigenvalue weighted by Crippen LogP contribution is -2.41. The lowest BCUT2D eigenvalue weighted by atomic mass is 10.2. The number of halogens is 1. The molecule has 1 atom stereocenters. The molecule has 2 aromatic carbocycles. The SMILES string of the molecule is C[C@H](Oc1cccc(Cl)c1)C(=O)Nc1c(C(=O)N2CCOCC2)cnn1-c1ccccc1. The lowest BCUT2D eigenvalue weighted by molar-refractivity contribution is -0.122. The highest BCUT2D eigenvalue weighted by atomic mass is 35.5. The molecule has 0 radical (unpaired) electrons. The molecule has 1 saturated heterocycles. The molecule has 2 heterocycles. The Labute approximate surface area is 190 Å². The van der Waals surface area contributed by atoms with Gasteiger partial charge in [-0.05, 0) is 37.3 Å². The zero-order chi connectivity index (χ0) is 22.5. The van der Waals surface area contributed by atoms with Crippen molar-refractivity contribution in [2.75, 3.05) is 31.6 Å². The summed E-state index contributed by atoms with van der Waals surface area (Å²) in [6.45, 7) is 3.55. The molecule has 1 fully saturated rings. The molecule has 4 rings (SSSR count). The van der Waals surface area contributed by atoms with Gasteiger partial charge in [-0.1, -0.05) is 35.9 Å². The maximum absolute atomic E-state index is 13.2. The van der Waals surface area contributed by atoms with Gasteiger partial charge in [0.1, 0.15) is 17.1 Å². The minimum Gasteiger partial charge on any atom is -0.481 e. The number of rotatable bonds is 6. The first-order valence-corrected chi connectivity index (χ1v) is 10.6. The number of hydrogen-bond acceptors (Lipinski definition) is 5. The van der Waals surface area contributed by atoms with E-state index < -0.39 is 12.0 Å². The molecule has 1 aromatic heterocycles. The van der Waals surface area contributed by atoms with Crippen molar-refractivity contribution in [1.29, 1.82) is 0 Å². The van der Waals surface area contributed by atoms with Gasteiger partial charge in [-0.2, -0.15) is 5.10 Å². The molecule has 0 spiro atoms. The summed E-state index contributed by atoms with van der Waals surface area (Å²) < 4.78 is 12.6. The number of nitrogens with zero attached hydrogens (tertiary/aromatic N) is 3. The fourth-order valence-electron chi connectivity index (χ4n) is 3.34. The minimum atomic E-state index is -0.834. The molecule has 0 aliphatic carbocycles. The van der Waals surface area contributed by atoms with E-state index in [9.17, 15) is 9.59 Å². The van der Waals surface area contributed by atoms with Crippen LogP contribution < -0.4 is 10.1 Å². The van der Waals surface area contributed by atoms with Crippen molar-refractivity contribution < 1.29 is 19.1 Å². The van der Waals surface area contributed by atoms with E-state index in [-0.39, 0.29) is 5.91 Å². The summed E-state index contributed by atoms with van der Waals surface area (Å²) in [6, 6.07) is 16.1. The zero-order valence-corrected chi connectivity index (χ0v) is 18.3. The van der Waals surface area contributed by atoms with Crippen molar-refractivity contribution in [1.82, 2.24) is 14.7 Å². The predicted octanol–water partition coefficient (Wildman–Crippen LogP) is 3.40. The summed E-state index contributed by atoms with van der Waals surface area (Å²) >= 11 is 6.00. The molecule has 1 aliphatic heterocycles. The molecule has 9 heteroatoms. The van der Waals surface area contributed by atoms with E-state index >= 15 is 0 Å². The van der Waals surface area contributed by atoms with Crippen LogP contribution in [0.4, 0.5) is 5.82 Å². The van der Waals surface area contributed by atoms with Crippen molar-refractivity contribution in [3.63, 3.8) is 0 Å². The van der Waals surface area contributed by atoms with Crippen LogP contribution in [0.5, 0.6) is 5.75 Å². The normalized spacial score (nSPS) is 14.6. The molecule has 2 amide bonds. The van der Waals surface area contributed by atoms with Crippen molar-refractivity contribution in [3.05, 3.63) is 71.4 Å². The van der Waals surface area contributed by atoms with Gasteiger partial charge in [-0.15, -0.1) is 0 Å². The number of nitrogens with one attached hydrogen (secondary N) is 1. The quantitative estimate of drug-likeness (QED) is 0.617. The van der Waals surface area contributed by atoms with Gasteiger partial charge in [-0.25, -0.2) is 4.68 Å². The Morgan fingerprint density at radius 1 is 1.12 bits per heavy atom. The number of aromatic nitrogens is 2. The number of anilines is 1. The fraction of sp³-hybridized carbons (Fsp3) is 0.261. The van der Waals surface area contributed by atoms with Crippen LogP contribution >= 0.6 is 11.6 Å². The Bertz CT molecular complexity index is 1100. The molecule has 8 nitrogen and oxygen atoms in total. The third kappa shape index (κ3) is 4.92. The number of carbonyl (C=O) groups excluding carboxylic acids is 2. The Hall–Kier alpha value is -3.36. The molecule has 1 N–H and O–H groups in total. The van der Waals surface area contributed by atoms with Crippen LogP contribution in [0.15, 0.2) is 60.8 Å². The van der Waals surface area contributed by atoms with E-state index in [0.717, 1.165) is 0 Å². The van der Waals surface area contributed by atoms with Gasteiger partial charge in [0.25, 0.3) is 11.8 Å². The maximum Gasteiger partial charge on any atom is 0.266 e. The van der Waals surface area contributed by atoms with Crippen LogP contribution in [0.1, 0.15) is 17.3 Å². The molecular weight excluding hydrogens is 432 g/mol. The van der Waals surface area contributed by atoms with Crippen LogP contribution in [0.25, 0.3) is 5.69 Å². The number of amides is 2. The van der Waals surface area contributed by atoms with E-state index in [2.05, 4.69) is 10.4 Å². The molecule has 0 unspecified atom stereocenters. The molecule has 166 valence electrons. The second-order valence-electron chi connectivity index (χ2n) is 7.27. The second-order valence-corrected chi connectivity index (χ2v) is 7.70. The van der Waals surface area contributed by atoms with Gasteiger partial charge >= 0.3 is 0 Å². The summed E-state index contributed by atoms with van der Waals surface area (Å²) in [5.74, 6) is 0.133. The third-order valence-electron chi connectivity index (χ3n) is 5.02. The summed E-state index contributed by atoms with van der Waals surface area (Å²) in [7, 11) is 0. The van der Waals surface area contributed by atoms with Crippen molar-refractivity contribution in [2.24, 2.45) is 0 Å². The summed E-state index contributed by atoms with van der Waals surface area (Å²) in [6.07, 6.45) is 0.641. The predicted molar refractivity (Wildman–Crippen MR) is 120 cm³/mol. The van der Waals surface area contributed by atoms with Gasteiger partial charge in [-0.3, -0.25) is 9.59 Å². The number of carbonyl (C=O) groups is 2. The average molecular weight is 455 g/mol. The second kappa shape index (κ2) is 9.84. The molecule has 0 bridgehead atoms. The van der Waals surface area contributed by atoms with Crippen molar-refractivity contribution >= 4 is 29.2 Å². The summed E-state index contributed by atoms with van der Waals surface area (Å²) in [4.78, 5) is 27.8. The molecule has 3 aromatic rings. The molecule has 0 saturated carbocycles. The van der Waals surface area contributed by atoms with Crippen LogP contribution in [0, 0.1) is 0 Å². The van der Waals surface area contributed by atoms with Crippen LogP contribution in [0.3, 0.4) is 0 Å². The number of hydrogen-bond donors (Lipinski definition) is 1. The van der Waals surface area contributed by atoms with Gasteiger partial charge in [0, 0.05) is 18.1 Å². The molecule has 32 heavy (non-hydrogen) atoms. The topological polar surface area (TPSA) is 85.7 Å². The first-order valence-electron chi connectivity index (χ1n) is 10.3. The van der Waals surface area contributed by atoms with E-state index in [1.54, 1.807) is 36.1 Å². The van der Waals surface area contributed by atoms with E-state index in [4.69, 9.17) is 21.1 Å². The van der Waals surface area contributed by atoms with Gasteiger partial charge < -0.3 is 19.7 Å². The first kappa shape index (κ1) is 21.9. The fourth-order valence-corrected chi connectivity index (χ4v) is 3.52. The number of para-hydroxylation sites is 1. The maximum atomic E-state index is 13.2. The number of ether oxygens (including phenoxy) is 2. The van der Waals surface area contributed by atoms with E-state index in [0.29, 0.717) is 54.1 Å². The highest BCUT2D eigenvalue weighted by Gasteiger charge is 2.27. The smallest absolute Gasteiger partial charge is 0.266 e. The monoisotopic (exact) mass is 454 g/mol. The summed E-state index contributed by atoms with van der Waals surface area (Å²) in [5.41, 5.74) is 1.02. The zero-order valence-electron chi connectivity index (χ0n) is 17.5. The Balaban J connectivity index is 1.60. The minimum absolute atomic E-state index is 0.214. The first-order chi connectivity index (χ1) is 15.5. The van der Waals surface area contributed by atoms with Gasteiger partial charge in [0.05, 0.1) is 25.1 Å². The van der Waals surface area contributed by atoms with Gasteiger partial charge in [0.2, 0.25) is 0 Å². The average Bonchev–Trinajstić information content (AvgIpc) is 3.23. The standard InChI is InChI=1S/C23H23ClN4O4/c1-16(32-19-9-5-6-17(24)14-19)22(29)26-21-20(23(30)27-10-12-31-13-11-27)15-25-28(21)18-7-3-2-4-8-18/h2-9,14-16H,10-13H2,1H3,(H,26,29)/t16-/m0/s1. The number of benzene rings is 2. The van der Waals surface area contributed by atoms with Crippen molar-refractivity contribution in [3.8, 4) is 11.4 Å². The highest BCUT2D eigenvalue weighted by Crippen LogP contribution is 2.24. The van der Waals surface area contributed by atoms with Gasteiger partial charge in [0.15, 0.2) is 6.10 Å². The Morgan fingerprint density at radius 2 is 1.88 bits per heavy atom. The third-order valence-corrected chi connectivity index (χ3v) is 5.25. The Morgan fingerprint density at radius 3 is 2.59 bits per heavy atom. The van der Waals surface area contributed by atoms with E-state index in [1.807, 2.05) is 30.3 Å². The van der Waals surface area contributed by atoms with Crippen LogP contribution in [0.2, 0.25) is 5.02 Å². The van der Waals surface area contributed by atoms with Crippen LogP contribution in [-0.4, -0.2) is 58.9 Å². The van der Waals surface area contributed by atoms with Crippen molar-refractivity contribution in [2.45, 2.75) is 13.0 Å². The highest BCUT2D eigenvalue weighted by molar-refractivity contribution is 6.30. The Kier molecular flexibility index (Phi) is 6.72. The largest absolute Gasteiger partial charge is 0.481 e. The molecular formula is C23H23ClN4O4. The number of morpholine rings is 1. The lowest BCUT2D eigenvalue weighted by Gasteiger charge is -2.27. The molecule has 1 aliphatic rings. The summed E-state index contributed by atoms with van der Waals surface area (Å²) in [5, 5.41) is 7.72. The van der Waals surface area contributed by atoms with E-state index in [1.165, 1.54) is 10.9 Å².